The molecular weight excluding hydrogens is 202 g/mol. The van der Waals surface area contributed by atoms with Gasteiger partial charge in [0.15, 0.2) is 0 Å². The Labute approximate surface area is 85.5 Å². The van der Waals surface area contributed by atoms with Crippen LogP contribution < -0.4 is 5.56 Å². The smallest absolute Gasteiger partial charge is 0.253 e. The van der Waals surface area contributed by atoms with E-state index in [4.69, 9.17) is 11.6 Å². The lowest BCUT2D eigenvalue weighted by atomic mass is 10.2. The van der Waals surface area contributed by atoms with Crippen LogP contribution in [0.1, 0.15) is 11.3 Å². The first-order chi connectivity index (χ1) is 6.63. The van der Waals surface area contributed by atoms with Gasteiger partial charge in [-0.15, -0.1) is 11.6 Å². The van der Waals surface area contributed by atoms with Crippen molar-refractivity contribution in [3.63, 3.8) is 0 Å². The lowest BCUT2D eigenvalue weighted by Crippen LogP contribution is -2.11. The van der Waals surface area contributed by atoms with E-state index in [0.717, 1.165) is 16.7 Å². The van der Waals surface area contributed by atoms with Crippen LogP contribution >= 0.6 is 11.6 Å². The molecule has 1 N–H and O–H groups in total. The third-order valence-electron chi connectivity index (χ3n) is 2.25. The van der Waals surface area contributed by atoms with Crippen molar-refractivity contribution >= 4 is 22.6 Å². The quantitative estimate of drug-likeness (QED) is 0.724. The van der Waals surface area contributed by atoms with E-state index in [9.17, 15) is 4.79 Å². The van der Waals surface area contributed by atoms with Crippen LogP contribution in [0.5, 0.6) is 0 Å². The number of H-pyrrole nitrogens is 1. The van der Waals surface area contributed by atoms with Gasteiger partial charge >= 0.3 is 0 Å². The predicted octanol–water partition coefficient (Wildman–Crippen LogP) is 1.31. The van der Waals surface area contributed by atoms with Crippen LogP contribution in [0.25, 0.3) is 11.0 Å². The summed E-state index contributed by atoms with van der Waals surface area (Å²) in [4.78, 5) is 14.2. The molecule has 2 aromatic rings. The Morgan fingerprint density at radius 3 is 3.00 bits per heavy atom. The molecule has 0 fully saturated rings. The van der Waals surface area contributed by atoms with Crippen molar-refractivity contribution in [3.8, 4) is 0 Å². The van der Waals surface area contributed by atoms with Crippen molar-refractivity contribution in [1.29, 1.82) is 0 Å². The molecule has 0 unspecified atom stereocenters. The molecule has 0 saturated heterocycles. The van der Waals surface area contributed by atoms with Gasteiger partial charge in [0.25, 0.3) is 5.56 Å². The lowest BCUT2D eigenvalue weighted by Gasteiger charge is -1.96. The Bertz CT molecular complexity index is 541. The van der Waals surface area contributed by atoms with Gasteiger partial charge in [-0.25, -0.2) is 0 Å². The third-order valence-corrected chi connectivity index (χ3v) is 2.54. The van der Waals surface area contributed by atoms with E-state index in [1.165, 1.54) is 0 Å². The number of rotatable bonds is 1. The van der Waals surface area contributed by atoms with Crippen molar-refractivity contribution in [2.75, 3.05) is 0 Å². The van der Waals surface area contributed by atoms with Crippen molar-refractivity contribution in [1.82, 2.24) is 14.8 Å². The van der Waals surface area contributed by atoms with Crippen molar-refractivity contribution in [3.05, 3.63) is 27.7 Å². The number of hydrogen-bond donors (Lipinski definition) is 1. The fourth-order valence-corrected chi connectivity index (χ4v) is 1.72. The zero-order chi connectivity index (χ0) is 10.3. The highest BCUT2D eigenvalue weighted by atomic mass is 35.5. The molecule has 5 heteroatoms. The molecule has 0 spiro atoms. The Kier molecular flexibility index (Phi) is 2.07. The molecule has 0 saturated carbocycles. The summed E-state index contributed by atoms with van der Waals surface area (Å²) < 4.78 is 1.66. The number of hydrogen-bond acceptors (Lipinski definition) is 2. The Morgan fingerprint density at radius 2 is 2.36 bits per heavy atom. The molecule has 14 heavy (non-hydrogen) atoms. The standard InChI is InChI=1S/C9H10ClN3O/c1-5-7-3-6(4-10)9(14)11-8(7)13(2)12-5/h3H,4H2,1-2H3,(H,11,14). The summed E-state index contributed by atoms with van der Waals surface area (Å²) >= 11 is 5.64. The Morgan fingerprint density at radius 1 is 1.64 bits per heavy atom. The average molecular weight is 212 g/mol. The zero-order valence-corrected chi connectivity index (χ0v) is 8.72. The molecule has 0 bridgehead atoms. The van der Waals surface area contributed by atoms with Crippen LogP contribution in [0.2, 0.25) is 0 Å². The fraction of sp³-hybridized carbons (Fsp3) is 0.333. The van der Waals surface area contributed by atoms with E-state index in [2.05, 4.69) is 10.1 Å². The van der Waals surface area contributed by atoms with E-state index in [-0.39, 0.29) is 11.4 Å². The highest BCUT2D eigenvalue weighted by molar-refractivity contribution is 6.17. The largest absolute Gasteiger partial charge is 0.307 e. The topological polar surface area (TPSA) is 50.7 Å². The van der Waals surface area contributed by atoms with E-state index >= 15 is 0 Å². The van der Waals surface area contributed by atoms with Gasteiger partial charge in [-0.2, -0.15) is 5.10 Å². The van der Waals surface area contributed by atoms with Gasteiger partial charge in [-0.3, -0.25) is 9.48 Å². The number of fused-ring (bicyclic) bond motifs is 1. The third kappa shape index (κ3) is 1.23. The molecule has 0 amide bonds. The molecule has 0 radical (unpaired) electrons. The van der Waals surface area contributed by atoms with Crippen LogP contribution in [0.4, 0.5) is 0 Å². The van der Waals surface area contributed by atoms with Gasteiger partial charge in [-0.1, -0.05) is 0 Å². The molecule has 0 atom stereocenters. The highest BCUT2D eigenvalue weighted by Gasteiger charge is 2.08. The minimum absolute atomic E-state index is 0.143. The van der Waals surface area contributed by atoms with Crippen molar-refractivity contribution in [2.24, 2.45) is 7.05 Å². The first kappa shape index (κ1) is 9.27. The highest BCUT2D eigenvalue weighted by Crippen LogP contribution is 2.14. The molecule has 0 aliphatic rings. The maximum Gasteiger partial charge on any atom is 0.253 e. The zero-order valence-electron chi connectivity index (χ0n) is 7.97. The monoisotopic (exact) mass is 211 g/mol. The molecule has 74 valence electrons. The Hall–Kier alpha value is -1.29. The summed E-state index contributed by atoms with van der Waals surface area (Å²) in [7, 11) is 1.80. The van der Waals surface area contributed by atoms with E-state index in [0.29, 0.717) is 5.56 Å². The number of halogens is 1. The van der Waals surface area contributed by atoms with Crippen LogP contribution in [0.15, 0.2) is 10.9 Å². The maximum atomic E-state index is 11.4. The number of nitrogens with zero attached hydrogens (tertiary/aromatic N) is 2. The van der Waals surface area contributed by atoms with Gasteiger partial charge in [0.05, 0.1) is 11.6 Å². The Balaban J connectivity index is 2.89. The molecule has 0 aliphatic heterocycles. The number of aromatic nitrogens is 3. The summed E-state index contributed by atoms with van der Waals surface area (Å²) in [6.45, 7) is 1.90. The van der Waals surface area contributed by atoms with Crippen LogP contribution in [-0.2, 0) is 12.9 Å². The number of aryl methyl sites for hydroxylation is 2. The molecule has 0 aromatic carbocycles. The second-order valence-corrected chi connectivity index (χ2v) is 3.50. The maximum absolute atomic E-state index is 11.4. The normalized spacial score (nSPS) is 11.1. The van der Waals surface area contributed by atoms with E-state index in [1.54, 1.807) is 17.8 Å². The molecule has 2 aromatic heterocycles. The summed E-state index contributed by atoms with van der Waals surface area (Å²) in [5, 5.41) is 5.16. The first-order valence-electron chi connectivity index (χ1n) is 4.25. The van der Waals surface area contributed by atoms with Gasteiger partial charge in [0.2, 0.25) is 0 Å². The second kappa shape index (κ2) is 3.13. The summed E-state index contributed by atoms with van der Waals surface area (Å²) in [6.07, 6.45) is 0. The van der Waals surface area contributed by atoms with Gasteiger partial charge in [-0.05, 0) is 13.0 Å². The van der Waals surface area contributed by atoms with Crippen molar-refractivity contribution in [2.45, 2.75) is 12.8 Å². The van der Waals surface area contributed by atoms with Gasteiger partial charge in [0.1, 0.15) is 5.65 Å². The summed E-state index contributed by atoms with van der Waals surface area (Å²) in [5.74, 6) is 0.222. The number of alkyl halides is 1. The predicted molar refractivity (Wildman–Crippen MR) is 55.6 cm³/mol. The molecule has 2 rings (SSSR count). The van der Waals surface area contributed by atoms with Gasteiger partial charge in [0, 0.05) is 18.0 Å². The minimum atomic E-state index is -0.143. The molecular formula is C9H10ClN3O. The van der Waals surface area contributed by atoms with E-state index in [1.807, 2.05) is 6.92 Å². The van der Waals surface area contributed by atoms with Gasteiger partial charge < -0.3 is 4.98 Å². The second-order valence-electron chi connectivity index (χ2n) is 3.23. The first-order valence-corrected chi connectivity index (χ1v) is 4.78. The van der Waals surface area contributed by atoms with Crippen LogP contribution in [0, 0.1) is 6.92 Å². The SMILES string of the molecule is Cc1nn(C)c2[nH]c(=O)c(CCl)cc12. The number of aromatic amines is 1. The van der Waals surface area contributed by atoms with Crippen LogP contribution in [0.3, 0.4) is 0 Å². The number of nitrogens with one attached hydrogen (secondary N) is 1. The average Bonchev–Trinajstić information content (AvgIpc) is 2.41. The van der Waals surface area contributed by atoms with Crippen molar-refractivity contribution < 1.29 is 0 Å². The summed E-state index contributed by atoms with van der Waals surface area (Å²) in [5.41, 5.74) is 2.07. The number of pyridine rings is 1. The molecule has 2 heterocycles. The summed E-state index contributed by atoms with van der Waals surface area (Å²) in [6, 6.07) is 1.80. The van der Waals surface area contributed by atoms with Crippen LogP contribution in [-0.4, -0.2) is 14.8 Å². The fourth-order valence-electron chi connectivity index (χ4n) is 1.52. The molecule has 4 nitrogen and oxygen atoms in total. The minimum Gasteiger partial charge on any atom is -0.307 e. The lowest BCUT2D eigenvalue weighted by molar-refractivity contribution is 0.772. The van der Waals surface area contributed by atoms with E-state index < -0.39 is 0 Å². The molecule has 0 aliphatic carbocycles.